The second kappa shape index (κ2) is 4.57. The summed E-state index contributed by atoms with van der Waals surface area (Å²) in [5.41, 5.74) is 1.77. The number of carbonyl (C=O) groups is 1. The molecule has 0 aliphatic carbocycles. The van der Waals surface area contributed by atoms with Gasteiger partial charge in [-0.25, -0.2) is 4.98 Å². The van der Waals surface area contributed by atoms with Crippen molar-refractivity contribution in [1.82, 2.24) is 15.0 Å². The van der Waals surface area contributed by atoms with Gasteiger partial charge in [-0.1, -0.05) is 0 Å². The normalized spacial score (nSPS) is 10.2. The molecule has 0 bridgehead atoms. The highest BCUT2D eigenvalue weighted by Gasteiger charge is 2.04. The molecule has 0 aliphatic heterocycles. The molecule has 0 unspecified atom stereocenters. The molecule has 16 heavy (non-hydrogen) atoms. The maximum absolute atomic E-state index is 10.4. The van der Waals surface area contributed by atoms with Crippen LogP contribution in [0.5, 0.6) is 0 Å². The van der Waals surface area contributed by atoms with E-state index in [4.69, 9.17) is 5.11 Å². The zero-order valence-corrected chi connectivity index (χ0v) is 8.55. The Balaban J connectivity index is 2.11. The van der Waals surface area contributed by atoms with Gasteiger partial charge in [0, 0.05) is 29.8 Å². The van der Waals surface area contributed by atoms with Gasteiger partial charge in [-0.2, -0.15) is 0 Å². The molecule has 0 aromatic carbocycles. The Labute approximate surface area is 92.2 Å². The minimum atomic E-state index is -0.805. The van der Waals surface area contributed by atoms with E-state index < -0.39 is 5.97 Å². The Bertz CT molecular complexity index is 479. The van der Waals surface area contributed by atoms with Gasteiger partial charge >= 0.3 is 5.97 Å². The Hall–Kier alpha value is -2.17. The molecular weight excluding hydrogens is 206 g/mol. The number of carboxylic acid groups (broad SMARTS) is 1. The molecule has 0 spiro atoms. The fraction of sp³-hybridized carbons (Fsp3) is 0.182. The van der Waals surface area contributed by atoms with E-state index in [1.165, 1.54) is 0 Å². The summed E-state index contributed by atoms with van der Waals surface area (Å²) in [6.07, 6.45) is 5.62. The summed E-state index contributed by atoms with van der Waals surface area (Å²) in [5, 5.41) is 8.56. The van der Waals surface area contributed by atoms with Crippen LogP contribution in [0.1, 0.15) is 12.1 Å². The molecule has 0 radical (unpaired) electrons. The average molecular weight is 217 g/mol. The number of carboxylic acids is 1. The minimum absolute atomic E-state index is 0.109. The summed E-state index contributed by atoms with van der Waals surface area (Å²) in [6.45, 7) is 0. The predicted octanol–water partition coefficient (Wildman–Crippen LogP) is 1.49. The number of aromatic nitrogens is 3. The first-order chi connectivity index (χ1) is 7.75. The lowest BCUT2D eigenvalue weighted by Gasteiger charge is -1.95. The van der Waals surface area contributed by atoms with Crippen LogP contribution in [0.2, 0.25) is 0 Å². The Morgan fingerprint density at radius 1 is 1.38 bits per heavy atom. The van der Waals surface area contributed by atoms with Crippen molar-refractivity contribution in [2.24, 2.45) is 0 Å². The fourth-order valence-corrected chi connectivity index (χ4v) is 1.38. The van der Waals surface area contributed by atoms with Gasteiger partial charge in [0.15, 0.2) is 0 Å². The van der Waals surface area contributed by atoms with Crippen LogP contribution in [0, 0.1) is 0 Å². The Morgan fingerprint density at radius 3 is 2.81 bits per heavy atom. The van der Waals surface area contributed by atoms with Gasteiger partial charge in [0.2, 0.25) is 0 Å². The van der Waals surface area contributed by atoms with Gasteiger partial charge in [-0.05, 0) is 18.6 Å². The van der Waals surface area contributed by atoms with E-state index in [1.807, 2.05) is 12.1 Å². The first kappa shape index (κ1) is 10.4. The number of H-pyrrole nitrogens is 1. The largest absolute Gasteiger partial charge is 0.481 e. The smallest absolute Gasteiger partial charge is 0.303 e. The SMILES string of the molecule is O=C(O)CCc1cnc(-c2ccncc2)[nH]1. The van der Waals surface area contributed by atoms with Gasteiger partial charge in [0.05, 0.1) is 6.42 Å². The standard InChI is InChI=1S/C11H11N3O2/c15-10(16)2-1-9-7-13-11(14-9)8-3-5-12-6-4-8/h3-7H,1-2H2,(H,13,14)(H,15,16). The maximum Gasteiger partial charge on any atom is 0.303 e. The zero-order chi connectivity index (χ0) is 11.4. The molecule has 0 atom stereocenters. The Morgan fingerprint density at radius 2 is 2.12 bits per heavy atom. The first-order valence-corrected chi connectivity index (χ1v) is 4.92. The molecule has 2 rings (SSSR count). The lowest BCUT2D eigenvalue weighted by molar-refractivity contribution is -0.136. The number of aryl methyl sites for hydroxylation is 1. The number of pyridine rings is 1. The van der Waals surface area contributed by atoms with E-state index in [0.717, 1.165) is 17.1 Å². The number of hydrogen-bond donors (Lipinski definition) is 2. The minimum Gasteiger partial charge on any atom is -0.481 e. The number of aromatic amines is 1. The van der Waals surface area contributed by atoms with Crippen LogP contribution in [0.3, 0.4) is 0 Å². The molecule has 2 heterocycles. The van der Waals surface area contributed by atoms with Crippen molar-refractivity contribution in [1.29, 1.82) is 0 Å². The molecule has 2 aromatic rings. The van der Waals surface area contributed by atoms with E-state index in [0.29, 0.717) is 6.42 Å². The van der Waals surface area contributed by atoms with Gasteiger partial charge in [-0.3, -0.25) is 9.78 Å². The van der Waals surface area contributed by atoms with Crippen molar-refractivity contribution in [3.63, 3.8) is 0 Å². The van der Waals surface area contributed by atoms with Crippen molar-refractivity contribution >= 4 is 5.97 Å². The van der Waals surface area contributed by atoms with Crippen LogP contribution in [0.25, 0.3) is 11.4 Å². The quantitative estimate of drug-likeness (QED) is 0.813. The van der Waals surface area contributed by atoms with Crippen molar-refractivity contribution in [3.8, 4) is 11.4 Å². The van der Waals surface area contributed by atoms with Crippen LogP contribution in [-0.2, 0) is 11.2 Å². The predicted molar refractivity (Wildman–Crippen MR) is 57.8 cm³/mol. The fourth-order valence-electron chi connectivity index (χ4n) is 1.38. The van der Waals surface area contributed by atoms with E-state index in [1.54, 1.807) is 18.6 Å². The topological polar surface area (TPSA) is 78.9 Å². The van der Waals surface area contributed by atoms with Gasteiger partial charge < -0.3 is 10.1 Å². The summed E-state index contributed by atoms with van der Waals surface area (Å²) < 4.78 is 0. The summed E-state index contributed by atoms with van der Waals surface area (Å²) in [6, 6.07) is 3.69. The van der Waals surface area contributed by atoms with Crippen LogP contribution < -0.4 is 0 Å². The third-order valence-corrected chi connectivity index (χ3v) is 2.19. The lowest BCUT2D eigenvalue weighted by Crippen LogP contribution is -1.97. The van der Waals surface area contributed by atoms with Crippen molar-refractivity contribution in [2.75, 3.05) is 0 Å². The van der Waals surface area contributed by atoms with Crippen LogP contribution in [0.4, 0.5) is 0 Å². The number of aliphatic carboxylic acids is 1. The number of nitrogens with zero attached hydrogens (tertiary/aromatic N) is 2. The third-order valence-electron chi connectivity index (χ3n) is 2.19. The lowest BCUT2D eigenvalue weighted by atomic mass is 10.2. The van der Waals surface area contributed by atoms with Crippen LogP contribution in [0.15, 0.2) is 30.7 Å². The third kappa shape index (κ3) is 2.44. The number of hydrogen-bond acceptors (Lipinski definition) is 3. The van der Waals surface area contributed by atoms with E-state index >= 15 is 0 Å². The zero-order valence-electron chi connectivity index (χ0n) is 8.55. The number of nitrogens with one attached hydrogen (secondary N) is 1. The molecule has 2 aromatic heterocycles. The second-order valence-electron chi connectivity index (χ2n) is 3.39. The highest BCUT2D eigenvalue weighted by molar-refractivity contribution is 5.67. The molecule has 82 valence electrons. The molecule has 5 heteroatoms. The molecule has 5 nitrogen and oxygen atoms in total. The molecule has 0 aliphatic rings. The number of rotatable bonds is 4. The first-order valence-electron chi connectivity index (χ1n) is 4.92. The van der Waals surface area contributed by atoms with Gasteiger partial charge in [0.1, 0.15) is 5.82 Å². The maximum atomic E-state index is 10.4. The van der Waals surface area contributed by atoms with Crippen molar-refractivity contribution in [3.05, 3.63) is 36.4 Å². The monoisotopic (exact) mass is 217 g/mol. The number of imidazole rings is 1. The average Bonchev–Trinajstić information content (AvgIpc) is 2.76. The molecule has 0 saturated heterocycles. The molecule has 0 saturated carbocycles. The Kier molecular flexibility index (Phi) is 2.95. The van der Waals surface area contributed by atoms with E-state index in [2.05, 4.69) is 15.0 Å². The second-order valence-corrected chi connectivity index (χ2v) is 3.39. The van der Waals surface area contributed by atoms with Crippen molar-refractivity contribution in [2.45, 2.75) is 12.8 Å². The summed E-state index contributed by atoms with van der Waals surface area (Å²) in [4.78, 5) is 21.6. The summed E-state index contributed by atoms with van der Waals surface area (Å²) in [7, 11) is 0. The molecular formula is C11H11N3O2. The molecule has 0 amide bonds. The molecule has 2 N–H and O–H groups in total. The van der Waals surface area contributed by atoms with E-state index in [9.17, 15) is 4.79 Å². The summed E-state index contributed by atoms with van der Waals surface area (Å²) in [5.74, 6) is -0.0668. The highest BCUT2D eigenvalue weighted by atomic mass is 16.4. The van der Waals surface area contributed by atoms with E-state index in [-0.39, 0.29) is 6.42 Å². The van der Waals surface area contributed by atoms with Gasteiger partial charge in [-0.15, -0.1) is 0 Å². The molecule has 0 fully saturated rings. The van der Waals surface area contributed by atoms with Crippen molar-refractivity contribution < 1.29 is 9.90 Å². The van der Waals surface area contributed by atoms with Gasteiger partial charge in [0.25, 0.3) is 0 Å². The highest BCUT2D eigenvalue weighted by Crippen LogP contribution is 2.14. The summed E-state index contributed by atoms with van der Waals surface area (Å²) >= 11 is 0. The van der Waals surface area contributed by atoms with Crippen LogP contribution >= 0.6 is 0 Å². The van der Waals surface area contributed by atoms with Crippen LogP contribution in [-0.4, -0.2) is 26.0 Å².